The maximum Gasteiger partial charge on any atom is 0.290 e. The number of aryl methyl sites for hydroxylation is 1. The standard InChI is InChI=1S/C18H24N4O3.CH2O2/c23-18(4-3-13-2-1-7-19-13)21-16-11-25-12-17-15(16)10-20-22(17)14-5-8-24-9-6-14;2-1-3/h1-2,7,10,14,16,19H,3-6,8-9,11-12H2,(H,21,23);1H,(H,2,3). The van der Waals surface area contributed by atoms with Crippen molar-refractivity contribution in [2.45, 2.75) is 44.4 Å². The van der Waals surface area contributed by atoms with Gasteiger partial charge in [-0.15, -0.1) is 0 Å². The summed E-state index contributed by atoms with van der Waals surface area (Å²) in [6.07, 6.45) is 6.88. The monoisotopic (exact) mass is 390 g/mol. The molecule has 4 heterocycles. The summed E-state index contributed by atoms with van der Waals surface area (Å²) in [4.78, 5) is 23.8. The van der Waals surface area contributed by atoms with Crippen molar-refractivity contribution >= 4 is 12.4 Å². The van der Waals surface area contributed by atoms with Gasteiger partial charge in [0, 0.05) is 37.1 Å². The van der Waals surface area contributed by atoms with Crippen molar-refractivity contribution in [1.29, 1.82) is 0 Å². The van der Waals surface area contributed by atoms with Gasteiger partial charge in [-0.25, -0.2) is 0 Å². The van der Waals surface area contributed by atoms with Gasteiger partial charge in [-0.3, -0.25) is 14.3 Å². The van der Waals surface area contributed by atoms with Crippen molar-refractivity contribution < 1.29 is 24.2 Å². The lowest BCUT2D eigenvalue weighted by molar-refractivity contribution is -0.123. The Hall–Kier alpha value is -2.65. The van der Waals surface area contributed by atoms with E-state index in [0.717, 1.165) is 43.0 Å². The number of hydrogen-bond acceptors (Lipinski definition) is 5. The van der Waals surface area contributed by atoms with Gasteiger partial charge in [0.1, 0.15) is 0 Å². The Kier molecular flexibility index (Phi) is 7.21. The molecule has 0 saturated carbocycles. The Morgan fingerprint density at radius 3 is 2.89 bits per heavy atom. The van der Waals surface area contributed by atoms with Crippen molar-refractivity contribution in [3.63, 3.8) is 0 Å². The Morgan fingerprint density at radius 1 is 1.39 bits per heavy atom. The van der Waals surface area contributed by atoms with Crippen LogP contribution in [0.3, 0.4) is 0 Å². The minimum atomic E-state index is -0.250. The Labute approximate surface area is 163 Å². The number of fused-ring (bicyclic) bond motifs is 1. The van der Waals surface area contributed by atoms with E-state index < -0.39 is 0 Å². The third kappa shape index (κ3) is 4.99. The molecule has 2 aromatic rings. The molecule has 0 aliphatic carbocycles. The van der Waals surface area contributed by atoms with E-state index in [0.29, 0.717) is 32.1 Å². The van der Waals surface area contributed by atoms with Gasteiger partial charge < -0.3 is 24.9 Å². The highest BCUT2D eigenvalue weighted by molar-refractivity contribution is 5.76. The summed E-state index contributed by atoms with van der Waals surface area (Å²) in [6, 6.07) is 4.18. The van der Waals surface area contributed by atoms with Crippen LogP contribution >= 0.6 is 0 Å². The molecule has 4 rings (SSSR count). The topological polar surface area (TPSA) is 118 Å². The number of aromatic amines is 1. The lowest BCUT2D eigenvalue weighted by Gasteiger charge is -2.28. The van der Waals surface area contributed by atoms with Gasteiger partial charge in [-0.1, -0.05) is 0 Å². The lowest BCUT2D eigenvalue weighted by Crippen LogP contribution is -2.35. The number of nitrogens with zero attached hydrogens (tertiary/aromatic N) is 2. The molecule has 28 heavy (non-hydrogen) atoms. The first-order chi connectivity index (χ1) is 13.7. The lowest BCUT2D eigenvalue weighted by atomic mass is 10.0. The van der Waals surface area contributed by atoms with Crippen LogP contribution in [-0.2, 0) is 32.1 Å². The smallest absolute Gasteiger partial charge is 0.290 e. The number of hydrogen-bond donors (Lipinski definition) is 3. The van der Waals surface area contributed by atoms with E-state index in [-0.39, 0.29) is 18.4 Å². The van der Waals surface area contributed by atoms with E-state index in [1.807, 2.05) is 24.5 Å². The van der Waals surface area contributed by atoms with E-state index in [9.17, 15) is 4.79 Å². The fourth-order valence-corrected chi connectivity index (χ4v) is 3.61. The zero-order valence-electron chi connectivity index (χ0n) is 15.7. The van der Waals surface area contributed by atoms with E-state index >= 15 is 0 Å². The molecule has 3 N–H and O–H groups in total. The molecular formula is C19H26N4O5. The molecule has 1 saturated heterocycles. The average Bonchev–Trinajstić information content (AvgIpc) is 3.38. The van der Waals surface area contributed by atoms with Crippen LogP contribution in [0, 0.1) is 0 Å². The summed E-state index contributed by atoms with van der Waals surface area (Å²) in [5, 5.41) is 14.6. The number of aromatic nitrogens is 3. The maximum atomic E-state index is 12.3. The first kappa shape index (κ1) is 20.1. The van der Waals surface area contributed by atoms with Crippen LogP contribution in [0.2, 0.25) is 0 Å². The fraction of sp³-hybridized carbons (Fsp3) is 0.526. The number of nitrogens with one attached hydrogen (secondary N) is 2. The van der Waals surface area contributed by atoms with Crippen molar-refractivity contribution in [2.75, 3.05) is 19.8 Å². The molecule has 152 valence electrons. The molecule has 0 spiro atoms. The molecular weight excluding hydrogens is 364 g/mol. The van der Waals surface area contributed by atoms with E-state index in [1.165, 1.54) is 0 Å². The minimum Gasteiger partial charge on any atom is -0.483 e. The largest absolute Gasteiger partial charge is 0.483 e. The van der Waals surface area contributed by atoms with Crippen LogP contribution in [0.1, 0.15) is 48.3 Å². The second-order valence-electron chi connectivity index (χ2n) is 6.77. The third-order valence-electron chi connectivity index (χ3n) is 4.99. The number of carbonyl (C=O) groups excluding carboxylic acids is 1. The fourth-order valence-electron chi connectivity index (χ4n) is 3.61. The Balaban J connectivity index is 0.000000706. The first-order valence-corrected chi connectivity index (χ1v) is 9.44. The van der Waals surface area contributed by atoms with Gasteiger partial charge in [0.2, 0.25) is 5.91 Å². The van der Waals surface area contributed by atoms with Crippen LogP contribution in [-0.4, -0.2) is 52.1 Å². The number of carbonyl (C=O) groups is 2. The van der Waals surface area contributed by atoms with Gasteiger partial charge in [-0.2, -0.15) is 5.10 Å². The second-order valence-corrected chi connectivity index (χ2v) is 6.77. The molecule has 2 aliphatic heterocycles. The van der Waals surface area contributed by atoms with Gasteiger partial charge >= 0.3 is 0 Å². The number of H-pyrrole nitrogens is 1. The highest BCUT2D eigenvalue weighted by Crippen LogP contribution is 2.30. The SMILES string of the molecule is O=C(CCc1ccc[nH]1)NC1COCc2c1cnn2C1CCOCC1.O=CO. The molecule has 1 amide bonds. The summed E-state index contributed by atoms with van der Waals surface area (Å²) in [5.74, 6) is 0.0369. The number of carboxylic acid groups (broad SMARTS) is 1. The molecule has 1 atom stereocenters. The van der Waals surface area contributed by atoms with Crippen molar-refractivity contribution in [3.05, 3.63) is 41.5 Å². The third-order valence-corrected chi connectivity index (χ3v) is 4.99. The van der Waals surface area contributed by atoms with Crippen LogP contribution in [0.15, 0.2) is 24.5 Å². The summed E-state index contributed by atoms with van der Waals surface area (Å²) in [6.45, 7) is 2.36. The zero-order chi connectivity index (χ0) is 19.8. The van der Waals surface area contributed by atoms with Crippen molar-refractivity contribution in [1.82, 2.24) is 20.1 Å². The molecule has 1 unspecified atom stereocenters. The molecule has 9 heteroatoms. The van der Waals surface area contributed by atoms with E-state index in [2.05, 4.69) is 20.1 Å². The predicted octanol–water partition coefficient (Wildman–Crippen LogP) is 1.58. The van der Waals surface area contributed by atoms with Crippen LogP contribution in [0.4, 0.5) is 0 Å². The average molecular weight is 390 g/mol. The van der Waals surface area contributed by atoms with Crippen LogP contribution < -0.4 is 5.32 Å². The Bertz CT molecular complexity index is 752. The highest BCUT2D eigenvalue weighted by Gasteiger charge is 2.29. The Morgan fingerprint density at radius 2 is 2.18 bits per heavy atom. The molecule has 9 nitrogen and oxygen atoms in total. The molecule has 2 aromatic heterocycles. The minimum absolute atomic E-state index is 0.0369. The van der Waals surface area contributed by atoms with E-state index in [4.69, 9.17) is 19.4 Å². The summed E-state index contributed by atoms with van der Waals surface area (Å²) < 4.78 is 13.3. The molecule has 0 bridgehead atoms. The number of rotatable bonds is 5. The maximum absolute atomic E-state index is 12.3. The van der Waals surface area contributed by atoms with Gasteiger partial charge in [0.05, 0.1) is 37.2 Å². The van der Waals surface area contributed by atoms with Gasteiger partial charge in [0.15, 0.2) is 0 Å². The van der Waals surface area contributed by atoms with Crippen molar-refractivity contribution in [2.24, 2.45) is 0 Å². The molecule has 2 aliphatic rings. The normalized spacial score (nSPS) is 19.2. The van der Waals surface area contributed by atoms with Gasteiger partial charge in [0.25, 0.3) is 6.47 Å². The highest BCUT2D eigenvalue weighted by atomic mass is 16.5. The predicted molar refractivity (Wildman–Crippen MR) is 99.7 cm³/mol. The van der Waals surface area contributed by atoms with Gasteiger partial charge in [-0.05, 0) is 31.4 Å². The van der Waals surface area contributed by atoms with Crippen LogP contribution in [0.5, 0.6) is 0 Å². The van der Waals surface area contributed by atoms with Crippen LogP contribution in [0.25, 0.3) is 0 Å². The quantitative estimate of drug-likeness (QED) is 0.667. The zero-order valence-corrected chi connectivity index (χ0v) is 15.7. The first-order valence-electron chi connectivity index (χ1n) is 9.44. The molecule has 1 fully saturated rings. The second kappa shape index (κ2) is 10.0. The summed E-state index contributed by atoms with van der Waals surface area (Å²) in [7, 11) is 0. The molecule has 0 aromatic carbocycles. The van der Waals surface area contributed by atoms with Crippen molar-refractivity contribution in [3.8, 4) is 0 Å². The number of amides is 1. The summed E-state index contributed by atoms with van der Waals surface area (Å²) in [5.41, 5.74) is 3.25. The molecule has 0 radical (unpaired) electrons. The van der Waals surface area contributed by atoms with E-state index in [1.54, 1.807) is 0 Å². The number of ether oxygens (including phenoxy) is 2. The summed E-state index contributed by atoms with van der Waals surface area (Å²) >= 11 is 0.